The highest BCUT2D eigenvalue weighted by Gasteiger charge is 2.30. The maximum atomic E-state index is 8.71. The molecule has 4 nitrogen and oxygen atoms in total. The summed E-state index contributed by atoms with van der Waals surface area (Å²) in [5.41, 5.74) is 0. The summed E-state index contributed by atoms with van der Waals surface area (Å²) in [6.45, 7) is 9.13. The van der Waals surface area contributed by atoms with E-state index in [1.54, 1.807) is 0 Å². The Hall–Kier alpha value is 0.500. The molecule has 1 aliphatic rings. The van der Waals surface area contributed by atoms with Gasteiger partial charge in [-0.2, -0.15) is 5.26 Å². The molecule has 7 heteroatoms. The Bertz CT molecular complexity index is 311. The van der Waals surface area contributed by atoms with Crippen LogP contribution >= 0.6 is 30.1 Å². The fraction of sp³-hybridized carbons (Fsp3) is 0.929. The Morgan fingerprint density at radius 3 is 2.62 bits per heavy atom. The van der Waals surface area contributed by atoms with Gasteiger partial charge in [-0.25, -0.2) is 4.67 Å². The molecule has 0 spiro atoms. The zero-order chi connectivity index (χ0) is 15.7. The molecule has 1 unspecified atom stereocenters. The van der Waals surface area contributed by atoms with E-state index in [2.05, 4.69) is 38.4 Å². The first-order valence-corrected chi connectivity index (χ1v) is 11.2. The molecule has 2 atom stereocenters. The van der Waals surface area contributed by atoms with Crippen LogP contribution in [0.5, 0.6) is 0 Å². The van der Waals surface area contributed by atoms with Crippen LogP contribution in [0.2, 0.25) is 0 Å². The summed E-state index contributed by atoms with van der Waals surface area (Å²) in [6, 6.07) is 2.87. The SMILES string of the molecule is CC(C)N(C(C)C)P(OCCC#N)O[C@@H]1CCCSSC1. The van der Waals surface area contributed by atoms with Crippen molar-refractivity contribution in [3.63, 3.8) is 0 Å². The topological polar surface area (TPSA) is 45.5 Å². The van der Waals surface area contributed by atoms with Crippen LogP contribution in [0.1, 0.15) is 47.0 Å². The second-order valence-corrected chi connectivity index (χ2v) is 9.56. The third-order valence-corrected chi connectivity index (χ3v) is 7.71. The second kappa shape index (κ2) is 11.1. The van der Waals surface area contributed by atoms with Crippen LogP contribution in [0.25, 0.3) is 0 Å². The lowest BCUT2D eigenvalue weighted by Crippen LogP contribution is -2.35. The van der Waals surface area contributed by atoms with Crippen LogP contribution in [0, 0.1) is 11.3 Å². The molecule has 0 aromatic carbocycles. The average molecular weight is 350 g/mol. The second-order valence-electron chi connectivity index (χ2n) is 5.52. The Kier molecular flexibility index (Phi) is 10.3. The number of nitriles is 1. The van der Waals surface area contributed by atoms with Crippen molar-refractivity contribution >= 4 is 30.1 Å². The monoisotopic (exact) mass is 350 g/mol. The summed E-state index contributed by atoms with van der Waals surface area (Å²) in [7, 11) is 2.74. The van der Waals surface area contributed by atoms with Crippen LogP contribution < -0.4 is 0 Å². The van der Waals surface area contributed by atoms with E-state index < -0.39 is 8.53 Å². The van der Waals surface area contributed by atoms with Gasteiger partial charge in [-0.05, 0) is 40.5 Å². The predicted octanol–water partition coefficient (Wildman–Crippen LogP) is 4.82. The van der Waals surface area contributed by atoms with E-state index in [-0.39, 0.29) is 6.10 Å². The van der Waals surface area contributed by atoms with E-state index in [4.69, 9.17) is 14.3 Å². The molecule has 0 aliphatic carbocycles. The first-order valence-electron chi connectivity index (χ1n) is 7.55. The van der Waals surface area contributed by atoms with Crippen molar-refractivity contribution in [2.24, 2.45) is 0 Å². The third-order valence-electron chi connectivity index (χ3n) is 2.99. The van der Waals surface area contributed by atoms with E-state index in [0.717, 1.165) is 12.2 Å². The largest absolute Gasteiger partial charge is 0.321 e. The highest BCUT2D eigenvalue weighted by atomic mass is 33.1. The lowest BCUT2D eigenvalue weighted by atomic mass is 10.2. The van der Waals surface area contributed by atoms with Gasteiger partial charge in [-0.3, -0.25) is 0 Å². The molecule has 0 N–H and O–H groups in total. The maximum Gasteiger partial charge on any atom is 0.259 e. The van der Waals surface area contributed by atoms with E-state index >= 15 is 0 Å². The van der Waals surface area contributed by atoms with Crippen LogP contribution in [-0.2, 0) is 9.05 Å². The summed E-state index contributed by atoms with van der Waals surface area (Å²) in [4.78, 5) is 0. The molecular formula is C14H27N2O2PS2. The van der Waals surface area contributed by atoms with Gasteiger partial charge in [0.05, 0.1) is 25.2 Å². The first kappa shape index (κ1) is 19.5. The number of hydrogen-bond acceptors (Lipinski definition) is 6. The van der Waals surface area contributed by atoms with Gasteiger partial charge >= 0.3 is 0 Å². The molecule has 0 bridgehead atoms. The zero-order valence-electron chi connectivity index (χ0n) is 13.4. The standard InChI is InChI=1S/C14H27N2O2PS2/c1-12(2)16(13(3)4)19(17-9-6-8-15)18-14-7-5-10-20-21-11-14/h12-14H,5-7,9-11H2,1-4H3/t14-,19?/m1/s1. The van der Waals surface area contributed by atoms with Gasteiger partial charge in [0, 0.05) is 23.6 Å². The lowest BCUT2D eigenvalue weighted by Gasteiger charge is -2.37. The Morgan fingerprint density at radius 2 is 2.00 bits per heavy atom. The maximum absolute atomic E-state index is 8.71. The number of nitrogens with zero attached hydrogens (tertiary/aromatic N) is 2. The van der Waals surface area contributed by atoms with Gasteiger partial charge in [0.2, 0.25) is 0 Å². The van der Waals surface area contributed by atoms with Crippen molar-refractivity contribution < 1.29 is 9.05 Å². The van der Waals surface area contributed by atoms with Gasteiger partial charge in [0.15, 0.2) is 0 Å². The quantitative estimate of drug-likeness (QED) is 0.355. The molecule has 1 heterocycles. The molecule has 0 aromatic heterocycles. The Morgan fingerprint density at radius 1 is 1.29 bits per heavy atom. The third kappa shape index (κ3) is 7.54. The summed E-state index contributed by atoms with van der Waals surface area (Å²) in [5.74, 6) is 2.23. The molecule has 0 radical (unpaired) electrons. The molecule has 1 aliphatic heterocycles. The zero-order valence-corrected chi connectivity index (χ0v) is 16.0. The Labute approximate surface area is 138 Å². The smallest absolute Gasteiger partial charge is 0.259 e. The van der Waals surface area contributed by atoms with E-state index in [9.17, 15) is 0 Å². The van der Waals surface area contributed by atoms with Gasteiger partial charge in [-0.15, -0.1) is 0 Å². The van der Waals surface area contributed by atoms with Gasteiger partial charge in [0.25, 0.3) is 8.53 Å². The van der Waals surface area contributed by atoms with Crippen LogP contribution in [0.3, 0.4) is 0 Å². The summed E-state index contributed by atoms with van der Waals surface area (Å²) in [6.07, 6.45) is 2.98. The molecule has 122 valence electrons. The number of rotatable bonds is 8. The van der Waals surface area contributed by atoms with E-state index in [1.807, 2.05) is 21.6 Å². The molecule has 1 fully saturated rings. The Balaban J connectivity index is 2.67. The van der Waals surface area contributed by atoms with Crippen molar-refractivity contribution in [3.05, 3.63) is 0 Å². The summed E-state index contributed by atoms with van der Waals surface area (Å²) < 4.78 is 14.6. The van der Waals surface area contributed by atoms with Crippen molar-refractivity contribution in [1.82, 2.24) is 4.67 Å². The number of hydrogen-bond donors (Lipinski definition) is 0. The van der Waals surface area contributed by atoms with Crippen molar-refractivity contribution in [2.75, 3.05) is 18.1 Å². The molecule has 0 amide bonds. The fourth-order valence-electron chi connectivity index (χ4n) is 2.14. The van der Waals surface area contributed by atoms with Crippen LogP contribution in [0.15, 0.2) is 0 Å². The molecule has 0 aromatic rings. The molecular weight excluding hydrogens is 323 g/mol. The minimum atomic E-state index is -1.09. The fourth-order valence-corrected chi connectivity index (χ4v) is 6.32. The highest BCUT2D eigenvalue weighted by Crippen LogP contribution is 2.48. The van der Waals surface area contributed by atoms with Crippen LogP contribution in [0.4, 0.5) is 0 Å². The summed E-state index contributed by atoms with van der Waals surface area (Å²) in [5, 5.41) is 8.71. The highest BCUT2D eigenvalue weighted by molar-refractivity contribution is 8.76. The summed E-state index contributed by atoms with van der Waals surface area (Å²) >= 11 is 0. The van der Waals surface area contributed by atoms with Gasteiger partial charge < -0.3 is 9.05 Å². The first-order chi connectivity index (χ1) is 10.1. The lowest BCUT2D eigenvalue weighted by molar-refractivity contribution is 0.138. The molecule has 0 saturated carbocycles. The van der Waals surface area contributed by atoms with Crippen molar-refractivity contribution in [3.8, 4) is 6.07 Å². The molecule has 1 saturated heterocycles. The molecule has 1 rings (SSSR count). The minimum absolute atomic E-state index is 0.262. The van der Waals surface area contributed by atoms with Crippen LogP contribution in [-0.4, -0.2) is 41.0 Å². The van der Waals surface area contributed by atoms with E-state index in [1.165, 1.54) is 12.2 Å². The van der Waals surface area contributed by atoms with Gasteiger partial charge in [-0.1, -0.05) is 21.6 Å². The minimum Gasteiger partial charge on any atom is -0.321 e. The normalized spacial score (nSPS) is 21.5. The average Bonchev–Trinajstić information content (AvgIpc) is 2.66. The molecule has 21 heavy (non-hydrogen) atoms. The van der Waals surface area contributed by atoms with Crippen molar-refractivity contribution in [1.29, 1.82) is 5.26 Å². The van der Waals surface area contributed by atoms with Gasteiger partial charge in [0.1, 0.15) is 0 Å². The van der Waals surface area contributed by atoms with E-state index in [0.29, 0.717) is 25.1 Å². The van der Waals surface area contributed by atoms with Crippen molar-refractivity contribution in [2.45, 2.75) is 65.1 Å². The predicted molar refractivity (Wildman–Crippen MR) is 94.2 cm³/mol.